The van der Waals surface area contributed by atoms with Gasteiger partial charge in [-0.2, -0.15) is 16.9 Å². The number of thioether (sulfide) groups is 1. The lowest BCUT2D eigenvalue weighted by Crippen LogP contribution is -2.16. The van der Waals surface area contributed by atoms with Crippen LogP contribution in [-0.4, -0.2) is 15.7 Å². The summed E-state index contributed by atoms with van der Waals surface area (Å²) in [6.45, 7) is 0. The standard InChI is InChI=1S/C24H17Cl2N3O2S/c25-15-6-11-21(26)19(12-15)24(30)27-23-20-13-32-14-22(20)28-29(23)16-7-9-18(10-8-16)31-17-4-2-1-3-5-17/h1-12H,13-14H2,(H,27,30). The van der Waals surface area contributed by atoms with Crippen molar-refractivity contribution in [3.05, 3.63) is 99.7 Å². The summed E-state index contributed by atoms with van der Waals surface area (Å²) in [6, 6.07) is 22.0. The lowest BCUT2D eigenvalue weighted by molar-refractivity contribution is 0.102. The Kier molecular flexibility index (Phi) is 5.83. The van der Waals surface area contributed by atoms with Crippen LogP contribution in [0.3, 0.4) is 0 Å². The van der Waals surface area contributed by atoms with Crippen LogP contribution in [0.5, 0.6) is 11.5 Å². The quantitative estimate of drug-likeness (QED) is 0.334. The zero-order valence-electron chi connectivity index (χ0n) is 16.7. The van der Waals surface area contributed by atoms with E-state index in [0.717, 1.165) is 34.2 Å². The summed E-state index contributed by atoms with van der Waals surface area (Å²) in [6.07, 6.45) is 0. The van der Waals surface area contributed by atoms with Gasteiger partial charge in [0, 0.05) is 22.1 Å². The molecule has 0 fully saturated rings. The van der Waals surface area contributed by atoms with Crippen molar-refractivity contribution >= 4 is 46.7 Å². The number of nitrogens with one attached hydrogen (secondary N) is 1. The molecule has 5 nitrogen and oxygen atoms in total. The van der Waals surface area contributed by atoms with Gasteiger partial charge in [0.2, 0.25) is 0 Å². The molecule has 1 N–H and O–H groups in total. The van der Waals surface area contributed by atoms with Crippen LogP contribution >= 0.6 is 35.0 Å². The zero-order valence-corrected chi connectivity index (χ0v) is 19.0. The van der Waals surface area contributed by atoms with Crippen molar-refractivity contribution in [3.63, 3.8) is 0 Å². The number of anilines is 1. The highest BCUT2D eigenvalue weighted by atomic mass is 35.5. The van der Waals surface area contributed by atoms with Crippen molar-refractivity contribution in [2.45, 2.75) is 11.5 Å². The van der Waals surface area contributed by atoms with Crippen LogP contribution in [0.4, 0.5) is 5.82 Å². The van der Waals surface area contributed by atoms with Crippen LogP contribution < -0.4 is 10.1 Å². The van der Waals surface area contributed by atoms with E-state index in [1.165, 1.54) is 0 Å². The summed E-state index contributed by atoms with van der Waals surface area (Å²) in [5.41, 5.74) is 3.12. The van der Waals surface area contributed by atoms with E-state index in [2.05, 4.69) is 5.32 Å². The number of rotatable bonds is 5. The maximum absolute atomic E-state index is 13.0. The summed E-state index contributed by atoms with van der Waals surface area (Å²) >= 11 is 14.1. The SMILES string of the molecule is O=C(Nc1c2c(nn1-c1ccc(Oc3ccccc3)cc1)CSC2)c1cc(Cl)ccc1Cl. The van der Waals surface area contributed by atoms with Gasteiger partial charge in [0.1, 0.15) is 17.3 Å². The molecule has 0 bridgehead atoms. The third-order valence-corrected chi connectivity index (χ3v) is 6.55. The molecule has 1 aliphatic rings. The minimum Gasteiger partial charge on any atom is -0.457 e. The highest BCUT2D eigenvalue weighted by Gasteiger charge is 2.25. The smallest absolute Gasteiger partial charge is 0.258 e. The highest BCUT2D eigenvalue weighted by Crippen LogP contribution is 2.37. The summed E-state index contributed by atoms with van der Waals surface area (Å²) in [5, 5.41) is 8.53. The first-order valence-corrected chi connectivity index (χ1v) is 11.8. The van der Waals surface area contributed by atoms with E-state index in [4.69, 9.17) is 33.0 Å². The van der Waals surface area contributed by atoms with Gasteiger partial charge in [0.25, 0.3) is 5.91 Å². The molecule has 3 aromatic carbocycles. The van der Waals surface area contributed by atoms with E-state index in [-0.39, 0.29) is 5.91 Å². The third kappa shape index (κ3) is 4.21. The van der Waals surface area contributed by atoms with Gasteiger partial charge in [0.15, 0.2) is 0 Å². The Labute approximate surface area is 199 Å². The van der Waals surface area contributed by atoms with Crippen LogP contribution in [0.2, 0.25) is 10.0 Å². The van der Waals surface area contributed by atoms with Gasteiger partial charge in [-0.1, -0.05) is 41.4 Å². The van der Waals surface area contributed by atoms with Crippen molar-refractivity contribution < 1.29 is 9.53 Å². The molecule has 8 heteroatoms. The molecular formula is C24H17Cl2N3O2S. The summed E-state index contributed by atoms with van der Waals surface area (Å²) < 4.78 is 7.63. The molecule has 160 valence electrons. The second-order valence-electron chi connectivity index (χ2n) is 7.17. The predicted octanol–water partition coefficient (Wildman–Crippen LogP) is 6.97. The molecule has 1 amide bonds. The number of ether oxygens (including phenoxy) is 1. The van der Waals surface area contributed by atoms with Crippen LogP contribution in [-0.2, 0) is 11.5 Å². The van der Waals surface area contributed by atoms with Gasteiger partial charge in [-0.05, 0) is 54.6 Å². The Bertz CT molecular complexity index is 1290. The first kappa shape index (κ1) is 20.9. The number of fused-ring (bicyclic) bond motifs is 1. The van der Waals surface area contributed by atoms with Gasteiger partial charge < -0.3 is 10.1 Å². The molecule has 4 aromatic rings. The molecule has 0 saturated carbocycles. The average molecular weight is 482 g/mol. The lowest BCUT2D eigenvalue weighted by atomic mass is 10.2. The fourth-order valence-electron chi connectivity index (χ4n) is 3.45. The lowest BCUT2D eigenvalue weighted by Gasteiger charge is -2.13. The second-order valence-corrected chi connectivity index (χ2v) is 8.99. The highest BCUT2D eigenvalue weighted by molar-refractivity contribution is 7.98. The van der Waals surface area contributed by atoms with Crippen molar-refractivity contribution in [1.82, 2.24) is 9.78 Å². The fraction of sp³-hybridized carbons (Fsp3) is 0.0833. The Morgan fingerprint density at radius 1 is 0.969 bits per heavy atom. The number of aromatic nitrogens is 2. The Hall–Kier alpha value is -2.93. The molecule has 32 heavy (non-hydrogen) atoms. The van der Waals surface area contributed by atoms with Crippen molar-refractivity contribution in [3.8, 4) is 17.2 Å². The Morgan fingerprint density at radius 3 is 2.50 bits per heavy atom. The van der Waals surface area contributed by atoms with Crippen molar-refractivity contribution in [2.75, 3.05) is 5.32 Å². The number of para-hydroxylation sites is 1. The molecule has 5 rings (SSSR count). The number of amides is 1. The molecule has 1 aromatic heterocycles. The first-order valence-electron chi connectivity index (χ1n) is 9.87. The number of halogens is 2. The van der Waals surface area contributed by atoms with Crippen molar-refractivity contribution in [1.29, 1.82) is 0 Å². The molecule has 0 aliphatic carbocycles. The number of hydrogen-bond donors (Lipinski definition) is 1. The van der Waals surface area contributed by atoms with E-state index in [1.54, 1.807) is 34.6 Å². The summed E-state index contributed by atoms with van der Waals surface area (Å²) in [7, 11) is 0. The number of carbonyl (C=O) groups is 1. The van der Waals surface area contributed by atoms with Gasteiger partial charge in [-0.3, -0.25) is 4.79 Å². The number of nitrogens with zero attached hydrogens (tertiary/aromatic N) is 2. The molecule has 0 unspecified atom stereocenters. The van der Waals surface area contributed by atoms with Crippen LogP contribution in [0.15, 0.2) is 72.8 Å². The second kappa shape index (κ2) is 8.90. The molecule has 0 spiro atoms. The van der Waals surface area contributed by atoms with E-state index in [0.29, 0.717) is 27.2 Å². The summed E-state index contributed by atoms with van der Waals surface area (Å²) in [4.78, 5) is 13.0. The number of hydrogen-bond acceptors (Lipinski definition) is 4. The molecule has 0 atom stereocenters. The Morgan fingerprint density at radius 2 is 1.72 bits per heavy atom. The van der Waals surface area contributed by atoms with Gasteiger partial charge in [-0.15, -0.1) is 0 Å². The maximum Gasteiger partial charge on any atom is 0.258 e. The Balaban J connectivity index is 1.45. The minimum atomic E-state index is -0.331. The van der Waals surface area contributed by atoms with Gasteiger partial charge in [-0.25, -0.2) is 4.68 Å². The monoisotopic (exact) mass is 481 g/mol. The van der Waals surface area contributed by atoms with Crippen LogP contribution in [0.1, 0.15) is 21.6 Å². The summed E-state index contributed by atoms with van der Waals surface area (Å²) in [5.74, 6) is 3.38. The number of benzene rings is 3. The first-order chi connectivity index (χ1) is 15.6. The molecular weight excluding hydrogens is 465 g/mol. The maximum atomic E-state index is 13.0. The van der Waals surface area contributed by atoms with E-state index < -0.39 is 0 Å². The average Bonchev–Trinajstić information content (AvgIpc) is 3.39. The van der Waals surface area contributed by atoms with Crippen LogP contribution in [0, 0.1) is 0 Å². The predicted molar refractivity (Wildman–Crippen MR) is 129 cm³/mol. The zero-order chi connectivity index (χ0) is 22.1. The third-order valence-electron chi connectivity index (χ3n) is 5.02. The van der Waals surface area contributed by atoms with E-state index in [1.807, 2.05) is 54.6 Å². The fourth-order valence-corrected chi connectivity index (χ4v) is 4.86. The topological polar surface area (TPSA) is 56.2 Å². The largest absolute Gasteiger partial charge is 0.457 e. The van der Waals surface area contributed by atoms with Crippen LogP contribution in [0.25, 0.3) is 5.69 Å². The molecule has 1 aliphatic heterocycles. The normalized spacial score (nSPS) is 12.4. The van der Waals surface area contributed by atoms with Gasteiger partial charge in [0.05, 0.1) is 22.0 Å². The van der Waals surface area contributed by atoms with E-state index in [9.17, 15) is 4.79 Å². The van der Waals surface area contributed by atoms with Gasteiger partial charge >= 0.3 is 0 Å². The molecule has 0 radical (unpaired) electrons. The number of carbonyl (C=O) groups excluding carboxylic acids is 1. The van der Waals surface area contributed by atoms with Crippen molar-refractivity contribution in [2.24, 2.45) is 0 Å². The molecule has 0 saturated heterocycles. The minimum absolute atomic E-state index is 0.318. The van der Waals surface area contributed by atoms with E-state index >= 15 is 0 Å². The molecule has 2 heterocycles.